The van der Waals surface area contributed by atoms with E-state index in [0.717, 1.165) is 12.8 Å². The molecule has 0 N–H and O–H groups in total. The van der Waals surface area contributed by atoms with Crippen LogP contribution in [0.2, 0.25) is 0 Å². The quantitative estimate of drug-likeness (QED) is 0.207. The van der Waals surface area contributed by atoms with Gasteiger partial charge in [-0.25, -0.2) is 0 Å². The Bertz CT molecular complexity index is 2020. The van der Waals surface area contributed by atoms with E-state index < -0.39 is 0 Å². The predicted molar refractivity (Wildman–Crippen MR) is 172 cm³/mol. The third-order valence-corrected chi connectivity index (χ3v) is 9.56. The molecular formula is C40H29N. The Morgan fingerprint density at radius 3 is 1.93 bits per heavy atom. The van der Waals surface area contributed by atoms with Gasteiger partial charge in [0.05, 0.1) is 16.8 Å². The molecule has 0 unspecified atom stereocenters. The third-order valence-electron chi connectivity index (χ3n) is 9.56. The maximum atomic E-state index is 2.56. The molecule has 0 atom stereocenters. The number of aryl methyl sites for hydroxylation is 1. The summed E-state index contributed by atoms with van der Waals surface area (Å²) in [5.74, 6) is 0. The average molecular weight is 524 g/mol. The predicted octanol–water partition coefficient (Wildman–Crippen LogP) is 10.5. The first kappa shape index (κ1) is 22.9. The molecule has 0 fully saturated rings. The van der Waals surface area contributed by atoms with E-state index in [4.69, 9.17) is 0 Å². The summed E-state index contributed by atoms with van der Waals surface area (Å²) in [5.41, 5.74) is 13.3. The summed E-state index contributed by atoms with van der Waals surface area (Å²) in [5, 5.41) is 5.13. The second kappa shape index (κ2) is 8.32. The Morgan fingerprint density at radius 1 is 0.610 bits per heavy atom. The van der Waals surface area contributed by atoms with Crippen LogP contribution in [0, 0.1) is 6.92 Å². The maximum Gasteiger partial charge on any atom is 0.0718 e. The van der Waals surface area contributed by atoms with Crippen molar-refractivity contribution < 1.29 is 0 Å². The van der Waals surface area contributed by atoms with Crippen LogP contribution >= 0.6 is 0 Å². The zero-order chi connectivity index (χ0) is 27.1. The van der Waals surface area contributed by atoms with Gasteiger partial charge in [0.1, 0.15) is 0 Å². The van der Waals surface area contributed by atoms with Gasteiger partial charge in [-0.05, 0) is 76.1 Å². The van der Waals surface area contributed by atoms with Crippen molar-refractivity contribution in [2.45, 2.75) is 25.2 Å². The monoisotopic (exact) mass is 523 g/mol. The molecule has 1 aliphatic heterocycles. The summed E-state index contributed by atoms with van der Waals surface area (Å²) in [7, 11) is 0. The van der Waals surface area contributed by atoms with E-state index in [1.54, 1.807) is 5.57 Å². The van der Waals surface area contributed by atoms with E-state index in [0.29, 0.717) is 0 Å². The van der Waals surface area contributed by atoms with Gasteiger partial charge in [0.2, 0.25) is 0 Å². The number of hydrogen-bond acceptors (Lipinski definition) is 1. The first-order valence-electron chi connectivity index (χ1n) is 14.7. The molecule has 0 radical (unpaired) electrons. The minimum atomic E-state index is -0.356. The normalized spacial score (nSPS) is 16.2. The zero-order valence-corrected chi connectivity index (χ0v) is 23.1. The zero-order valence-electron chi connectivity index (χ0n) is 23.1. The molecule has 0 amide bonds. The summed E-state index contributed by atoms with van der Waals surface area (Å²) in [6, 6.07) is 45.5. The molecule has 0 saturated carbocycles. The molecule has 1 heteroatoms. The Labute approximate surface area is 240 Å². The van der Waals surface area contributed by atoms with Crippen molar-refractivity contribution >= 4 is 44.2 Å². The van der Waals surface area contributed by atoms with Crippen molar-refractivity contribution in [2.24, 2.45) is 0 Å². The lowest BCUT2D eigenvalue weighted by Gasteiger charge is -2.47. The molecule has 194 valence electrons. The number of benzene rings is 6. The van der Waals surface area contributed by atoms with Crippen LogP contribution in [-0.2, 0) is 5.41 Å². The summed E-state index contributed by atoms with van der Waals surface area (Å²) >= 11 is 0. The van der Waals surface area contributed by atoms with Gasteiger partial charge in [0.15, 0.2) is 0 Å². The summed E-state index contributed by atoms with van der Waals surface area (Å²) in [6.07, 6.45) is 6.89. The van der Waals surface area contributed by atoms with Crippen LogP contribution in [0.4, 0.5) is 17.1 Å². The molecule has 3 aliphatic rings. The Morgan fingerprint density at radius 2 is 1.24 bits per heavy atom. The largest absolute Gasteiger partial charge is 0.309 e. The van der Waals surface area contributed by atoms with Crippen LogP contribution in [0.1, 0.15) is 40.7 Å². The topological polar surface area (TPSA) is 3.24 Å². The highest BCUT2D eigenvalue weighted by Gasteiger charge is 2.53. The van der Waals surface area contributed by atoms with Crippen LogP contribution in [0.5, 0.6) is 0 Å². The fourth-order valence-corrected chi connectivity index (χ4v) is 7.98. The van der Waals surface area contributed by atoms with Crippen molar-refractivity contribution in [1.82, 2.24) is 0 Å². The highest BCUT2D eigenvalue weighted by atomic mass is 15.2. The van der Waals surface area contributed by atoms with Crippen LogP contribution in [0.25, 0.3) is 27.1 Å². The molecule has 41 heavy (non-hydrogen) atoms. The molecule has 0 aromatic heterocycles. The number of rotatable bonds is 1. The van der Waals surface area contributed by atoms with Crippen molar-refractivity contribution in [2.75, 3.05) is 4.90 Å². The molecule has 1 spiro atoms. The molecular weight excluding hydrogens is 494 g/mol. The van der Waals surface area contributed by atoms with Crippen molar-refractivity contribution in [3.05, 3.63) is 167 Å². The highest BCUT2D eigenvalue weighted by molar-refractivity contribution is 6.12. The molecule has 0 saturated heterocycles. The van der Waals surface area contributed by atoms with Crippen LogP contribution in [0.15, 0.2) is 139 Å². The summed E-state index contributed by atoms with van der Waals surface area (Å²) < 4.78 is 0. The van der Waals surface area contributed by atoms with E-state index in [1.807, 2.05) is 0 Å². The number of hydrogen-bond donors (Lipinski definition) is 0. The number of anilines is 3. The molecule has 6 aromatic rings. The van der Waals surface area contributed by atoms with Crippen LogP contribution < -0.4 is 4.90 Å². The van der Waals surface area contributed by atoms with Gasteiger partial charge in [-0.3, -0.25) is 0 Å². The number of fused-ring (bicyclic) bond motifs is 12. The lowest BCUT2D eigenvalue weighted by Crippen LogP contribution is -2.37. The van der Waals surface area contributed by atoms with Gasteiger partial charge in [-0.2, -0.15) is 0 Å². The Balaban J connectivity index is 1.56. The van der Waals surface area contributed by atoms with E-state index in [1.165, 1.54) is 72.0 Å². The van der Waals surface area contributed by atoms with Crippen molar-refractivity contribution in [3.63, 3.8) is 0 Å². The van der Waals surface area contributed by atoms with E-state index in [2.05, 4.69) is 145 Å². The van der Waals surface area contributed by atoms with Crippen molar-refractivity contribution in [3.8, 4) is 0 Å². The van der Waals surface area contributed by atoms with Crippen molar-refractivity contribution in [1.29, 1.82) is 0 Å². The number of para-hydroxylation sites is 1. The summed E-state index contributed by atoms with van der Waals surface area (Å²) in [4.78, 5) is 2.56. The van der Waals surface area contributed by atoms with Gasteiger partial charge in [0, 0.05) is 16.5 Å². The molecule has 2 aliphatic carbocycles. The lowest BCUT2D eigenvalue weighted by atomic mass is 9.62. The molecule has 1 heterocycles. The van der Waals surface area contributed by atoms with E-state index >= 15 is 0 Å². The van der Waals surface area contributed by atoms with Gasteiger partial charge >= 0.3 is 0 Å². The second-order valence-corrected chi connectivity index (χ2v) is 11.7. The smallest absolute Gasteiger partial charge is 0.0718 e. The molecule has 0 bridgehead atoms. The van der Waals surface area contributed by atoms with E-state index in [-0.39, 0.29) is 5.41 Å². The fraction of sp³-hybridized carbons (Fsp3) is 0.100. The van der Waals surface area contributed by atoms with E-state index in [9.17, 15) is 0 Å². The highest BCUT2D eigenvalue weighted by Crippen LogP contribution is 2.65. The van der Waals surface area contributed by atoms with Gasteiger partial charge < -0.3 is 4.90 Å². The Hall–Kier alpha value is -4.88. The Kier molecular flexibility index (Phi) is 4.64. The molecule has 1 nitrogen and oxygen atoms in total. The maximum absolute atomic E-state index is 2.56. The van der Waals surface area contributed by atoms with Gasteiger partial charge in [0.25, 0.3) is 0 Å². The first-order chi connectivity index (χ1) is 20.3. The molecule has 9 rings (SSSR count). The fourth-order valence-electron chi connectivity index (χ4n) is 7.98. The van der Waals surface area contributed by atoms with Gasteiger partial charge in [-0.15, -0.1) is 0 Å². The average Bonchev–Trinajstić information content (AvgIpc) is 3.31. The molecule has 6 aromatic carbocycles. The summed E-state index contributed by atoms with van der Waals surface area (Å²) in [6.45, 7) is 2.24. The first-order valence-corrected chi connectivity index (χ1v) is 14.7. The van der Waals surface area contributed by atoms with Crippen LogP contribution in [-0.4, -0.2) is 0 Å². The minimum absolute atomic E-state index is 0.356. The number of allylic oxidation sites excluding steroid dienone is 4. The van der Waals surface area contributed by atoms with Crippen LogP contribution in [0.3, 0.4) is 0 Å². The van der Waals surface area contributed by atoms with Gasteiger partial charge in [-0.1, -0.05) is 127 Å². The second-order valence-electron chi connectivity index (χ2n) is 11.7. The lowest BCUT2D eigenvalue weighted by molar-refractivity contribution is 0.689. The third kappa shape index (κ3) is 2.91. The SMILES string of the molecule is Cc1ccc2c(c1)C1(C3=C2C=CCC3)c2ccc3ccccc3c2N(c2ccccc2)c2c1ccc1ccccc21. The minimum Gasteiger partial charge on any atom is -0.309 e. The standard InChI is InChI=1S/C40H29N/c1-26-19-22-33-32-17-9-10-18-34(32)40(37(33)25-26)35-23-20-27-11-5-7-15-30(27)38(35)41(29-13-3-2-4-14-29)39-31-16-8-6-12-28(31)21-24-36(39)40/h2-9,11-17,19-25H,10,18H2,1H3. The number of nitrogens with zero attached hydrogens (tertiary/aromatic N) is 1.